The second-order valence-corrected chi connectivity index (χ2v) is 9.02. The number of hydrogen-bond donors (Lipinski definition) is 2. The molecular formula is C15H20ClF4NO2S. The Kier molecular flexibility index (Phi) is 6.60. The lowest BCUT2D eigenvalue weighted by atomic mass is 9.87. The number of alkyl halides is 3. The second-order valence-electron chi connectivity index (χ2n) is 6.68. The molecule has 0 aliphatic rings. The zero-order valence-electron chi connectivity index (χ0n) is 13.7. The maximum Gasteiger partial charge on any atom is 0.414 e. The molecule has 0 spiro atoms. The van der Waals surface area contributed by atoms with Gasteiger partial charge in [0, 0.05) is 17.8 Å². The molecule has 0 amide bonds. The Bertz CT molecular complexity index is 556. The van der Waals surface area contributed by atoms with Crippen molar-refractivity contribution in [1.82, 2.24) is 4.72 Å². The molecule has 0 aliphatic heterocycles. The van der Waals surface area contributed by atoms with E-state index in [1.54, 1.807) is 20.8 Å². The van der Waals surface area contributed by atoms with Crippen LogP contribution in [0.15, 0.2) is 18.2 Å². The molecule has 0 aliphatic carbocycles. The fourth-order valence-corrected chi connectivity index (χ4v) is 3.24. The smallest absolute Gasteiger partial charge is 0.414 e. The maximum atomic E-state index is 13.7. The van der Waals surface area contributed by atoms with Gasteiger partial charge in [0.2, 0.25) is 0 Å². The summed E-state index contributed by atoms with van der Waals surface area (Å²) < 4.78 is 66.3. The minimum Gasteiger partial charge on any atom is -0.598 e. The third-order valence-corrected chi connectivity index (χ3v) is 5.53. The molecule has 2 unspecified atom stereocenters. The average Bonchev–Trinajstić information content (AvgIpc) is 2.39. The summed E-state index contributed by atoms with van der Waals surface area (Å²) in [4.78, 5) is 0. The quantitative estimate of drug-likeness (QED) is 0.590. The van der Waals surface area contributed by atoms with E-state index in [9.17, 15) is 27.2 Å². The largest absolute Gasteiger partial charge is 0.598 e. The van der Waals surface area contributed by atoms with Gasteiger partial charge in [0.1, 0.15) is 10.6 Å². The van der Waals surface area contributed by atoms with Crippen LogP contribution in [-0.2, 0) is 16.9 Å². The lowest BCUT2D eigenvalue weighted by Crippen LogP contribution is -2.52. The molecule has 24 heavy (non-hydrogen) atoms. The van der Waals surface area contributed by atoms with Crippen molar-refractivity contribution in [3.63, 3.8) is 0 Å². The monoisotopic (exact) mass is 389 g/mol. The molecule has 0 heterocycles. The maximum absolute atomic E-state index is 13.7. The summed E-state index contributed by atoms with van der Waals surface area (Å²) in [5.74, 6) is -0.815. The molecule has 2 N–H and O–H groups in total. The highest BCUT2D eigenvalue weighted by Crippen LogP contribution is 2.38. The Labute approximate surface area is 146 Å². The van der Waals surface area contributed by atoms with Gasteiger partial charge in [-0.25, -0.2) is 4.39 Å². The highest BCUT2D eigenvalue weighted by Gasteiger charge is 2.47. The zero-order valence-corrected chi connectivity index (χ0v) is 15.2. The fraction of sp³-hybridized carbons (Fsp3) is 0.600. The highest BCUT2D eigenvalue weighted by molar-refractivity contribution is 7.90. The van der Waals surface area contributed by atoms with Crippen LogP contribution in [0.25, 0.3) is 0 Å². The van der Waals surface area contributed by atoms with Crippen LogP contribution in [-0.4, -0.2) is 26.7 Å². The van der Waals surface area contributed by atoms with Gasteiger partial charge in [0.15, 0.2) is 6.10 Å². The summed E-state index contributed by atoms with van der Waals surface area (Å²) in [5, 5.41) is 9.08. The Morgan fingerprint density at radius 2 is 1.79 bits per heavy atom. The number of nitrogens with one attached hydrogen (secondary N) is 1. The normalized spacial score (nSPS) is 18.1. The van der Waals surface area contributed by atoms with Gasteiger partial charge in [-0.05, 0) is 39.3 Å². The Morgan fingerprint density at radius 1 is 1.25 bits per heavy atom. The van der Waals surface area contributed by atoms with Crippen molar-refractivity contribution in [3.05, 3.63) is 34.6 Å². The highest BCUT2D eigenvalue weighted by atomic mass is 35.5. The standard InChI is InChI=1S/C15H20ClF4NO2S/c1-13(2,3)24(23)21-14(4,8-11(22)15(18,19)20)9-6-5-7-10(17)12(9)16/h5-7,11,21-22H,8H2,1-4H3/t11-,14?,24?/m0/s1. The van der Waals surface area contributed by atoms with Crippen LogP contribution in [0.1, 0.15) is 39.7 Å². The van der Waals surface area contributed by atoms with Gasteiger partial charge < -0.3 is 9.66 Å². The van der Waals surface area contributed by atoms with Crippen LogP contribution in [0, 0.1) is 5.82 Å². The Morgan fingerprint density at radius 3 is 2.25 bits per heavy atom. The summed E-state index contributed by atoms with van der Waals surface area (Å²) in [5.41, 5.74) is -1.67. The average molecular weight is 390 g/mol. The predicted molar refractivity (Wildman–Crippen MR) is 86.5 cm³/mol. The molecule has 3 atom stereocenters. The van der Waals surface area contributed by atoms with Crippen molar-refractivity contribution < 1.29 is 27.2 Å². The molecule has 0 radical (unpaired) electrons. The molecule has 0 fully saturated rings. The summed E-state index contributed by atoms with van der Waals surface area (Å²) in [6, 6.07) is 3.69. The number of halogens is 5. The first-order valence-electron chi connectivity index (χ1n) is 7.07. The summed E-state index contributed by atoms with van der Waals surface area (Å²) in [6.45, 7) is 6.18. The van der Waals surface area contributed by atoms with Gasteiger partial charge >= 0.3 is 6.18 Å². The van der Waals surface area contributed by atoms with Crippen molar-refractivity contribution in [2.75, 3.05) is 0 Å². The van der Waals surface area contributed by atoms with E-state index in [0.717, 1.165) is 6.07 Å². The molecular weight excluding hydrogens is 370 g/mol. The molecule has 0 bridgehead atoms. The van der Waals surface area contributed by atoms with Gasteiger partial charge in [0.05, 0.1) is 10.6 Å². The van der Waals surface area contributed by atoms with Gasteiger partial charge in [-0.1, -0.05) is 23.7 Å². The summed E-state index contributed by atoms with van der Waals surface area (Å²) in [7, 11) is 0. The van der Waals surface area contributed by atoms with Gasteiger partial charge in [-0.2, -0.15) is 13.2 Å². The molecule has 1 aromatic carbocycles. The van der Waals surface area contributed by atoms with Crippen LogP contribution in [0.4, 0.5) is 17.6 Å². The molecule has 0 saturated heterocycles. The van der Waals surface area contributed by atoms with Gasteiger partial charge in [-0.15, -0.1) is 4.72 Å². The van der Waals surface area contributed by atoms with Crippen molar-refractivity contribution in [3.8, 4) is 0 Å². The first-order valence-corrected chi connectivity index (χ1v) is 8.60. The molecule has 3 nitrogen and oxygen atoms in total. The molecule has 138 valence electrons. The van der Waals surface area contributed by atoms with E-state index in [2.05, 4.69) is 4.72 Å². The van der Waals surface area contributed by atoms with E-state index in [1.165, 1.54) is 19.1 Å². The van der Waals surface area contributed by atoms with Gasteiger partial charge in [-0.3, -0.25) is 0 Å². The second kappa shape index (κ2) is 7.37. The number of rotatable bonds is 5. The Balaban J connectivity index is 3.32. The first kappa shape index (κ1) is 21.5. The van der Waals surface area contributed by atoms with Crippen LogP contribution in [0.3, 0.4) is 0 Å². The third-order valence-electron chi connectivity index (χ3n) is 3.40. The molecule has 0 aromatic heterocycles. The Hall–Kier alpha value is -0.540. The summed E-state index contributed by atoms with van der Waals surface area (Å²) in [6.07, 6.45) is -8.43. The number of benzene rings is 1. The van der Waals surface area contributed by atoms with Crippen molar-refractivity contribution in [2.24, 2.45) is 0 Å². The van der Waals surface area contributed by atoms with E-state index < -0.39 is 46.2 Å². The first-order chi connectivity index (χ1) is 10.7. The third kappa shape index (κ3) is 5.23. The number of aliphatic hydroxyl groups excluding tert-OH is 1. The fourth-order valence-electron chi connectivity index (χ4n) is 2.00. The molecule has 0 saturated carbocycles. The van der Waals surface area contributed by atoms with Crippen LogP contribution < -0.4 is 4.72 Å². The van der Waals surface area contributed by atoms with Crippen LogP contribution in [0.2, 0.25) is 5.02 Å². The van der Waals surface area contributed by atoms with Crippen molar-refractivity contribution >= 4 is 23.0 Å². The molecule has 9 heteroatoms. The van der Waals surface area contributed by atoms with Gasteiger partial charge in [0.25, 0.3) is 0 Å². The van der Waals surface area contributed by atoms with Crippen molar-refractivity contribution in [2.45, 2.75) is 56.7 Å². The SMILES string of the molecule is CC(C[C@H](O)C(F)(F)F)(N[S+]([O-])C(C)(C)C)c1cccc(F)c1Cl. The van der Waals surface area contributed by atoms with Crippen LogP contribution in [0.5, 0.6) is 0 Å². The topological polar surface area (TPSA) is 55.3 Å². The van der Waals surface area contributed by atoms with E-state index >= 15 is 0 Å². The molecule has 1 rings (SSSR count). The molecule has 1 aromatic rings. The van der Waals surface area contributed by atoms with E-state index in [4.69, 9.17) is 11.6 Å². The van der Waals surface area contributed by atoms with Crippen LogP contribution >= 0.6 is 11.6 Å². The van der Waals surface area contributed by atoms with E-state index in [1.807, 2.05) is 0 Å². The minimum absolute atomic E-state index is 0.00920. The lowest BCUT2D eigenvalue weighted by Gasteiger charge is -2.37. The lowest BCUT2D eigenvalue weighted by molar-refractivity contribution is -0.209. The van der Waals surface area contributed by atoms with E-state index in [0.29, 0.717) is 0 Å². The van der Waals surface area contributed by atoms with E-state index in [-0.39, 0.29) is 10.6 Å². The number of aliphatic hydroxyl groups is 1. The predicted octanol–water partition coefficient (Wildman–Crippen LogP) is 4.06. The number of hydrogen-bond acceptors (Lipinski definition) is 3. The summed E-state index contributed by atoms with van der Waals surface area (Å²) >= 11 is 4.12. The minimum atomic E-state index is -4.87. The zero-order chi connectivity index (χ0) is 18.9. The van der Waals surface area contributed by atoms with Crippen molar-refractivity contribution in [1.29, 1.82) is 0 Å².